The second-order valence-electron chi connectivity index (χ2n) is 3.17. The molecule has 0 spiro atoms. The molecule has 0 fully saturated rings. The highest BCUT2D eigenvalue weighted by Gasteiger charge is 1.97. The number of rotatable bonds is 7. The van der Waals surface area contributed by atoms with E-state index in [1.54, 1.807) is 0 Å². The highest BCUT2D eigenvalue weighted by Crippen LogP contribution is 2.13. The molecule has 0 saturated carbocycles. The summed E-state index contributed by atoms with van der Waals surface area (Å²) in [4.78, 5) is 4.47. The van der Waals surface area contributed by atoms with Crippen molar-refractivity contribution in [1.82, 2.24) is 4.98 Å². The van der Waals surface area contributed by atoms with E-state index in [1.165, 1.54) is 0 Å². The predicted octanol–water partition coefficient (Wildman–Crippen LogP) is 2.13. The van der Waals surface area contributed by atoms with Crippen molar-refractivity contribution in [2.45, 2.75) is 19.1 Å². The van der Waals surface area contributed by atoms with E-state index in [-0.39, 0.29) is 6.61 Å². The lowest BCUT2D eigenvalue weighted by molar-refractivity contribution is 0.296. The van der Waals surface area contributed by atoms with E-state index in [1.807, 2.05) is 30.0 Å². The number of aliphatic hydroxyl groups excluding tert-OH is 1. The van der Waals surface area contributed by atoms with Crippen LogP contribution in [0, 0.1) is 0 Å². The van der Waals surface area contributed by atoms with Crippen LogP contribution in [0.3, 0.4) is 0 Å². The van der Waals surface area contributed by atoms with Gasteiger partial charge >= 0.3 is 0 Å². The number of anilines is 1. The predicted molar refractivity (Wildman–Crippen MR) is 66.3 cm³/mol. The number of hydrogen-bond acceptors (Lipinski definition) is 4. The third kappa shape index (κ3) is 5.04. The molecule has 1 rings (SSSR count). The van der Waals surface area contributed by atoms with E-state index in [2.05, 4.69) is 17.2 Å². The van der Waals surface area contributed by atoms with Crippen LogP contribution >= 0.6 is 11.8 Å². The Hall–Kier alpha value is -0.740. The Morgan fingerprint density at radius 3 is 3.07 bits per heavy atom. The first-order valence-corrected chi connectivity index (χ1v) is 6.40. The highest BCUT2D eigenvalue weighted by molar-refractivity contribution is 7.98. The number of aliphatic hydroxyl groups is 1. The standard InChI is InChI=1S/C11H18N2OS/c1-2-12-11-6-3-5-10(13-11)9-15-8-4-7-14/h3,5-6,14H,2,4,7-9H2,1H3,(H,12,13). The first-order chi connectivity index (χ1) is 7.36. The summed E-state index contributed by atoms with van der Waals surface area (Å²) in [6.45, 7) is 3.23. The Labute approximate surface area is 95.3 Å². The van der Waals surface area contributed by atoms with Gasteiger partial charge in [0.1, 0.15) is 5.82 Å². The summed E-state index contributed by atoms with van der Waals surface area (Å²) in [6, 6.07) is 6.03. The Morgan fingerprint density at radius 1 is 1.47 bits per heavy atom. The SMILES string of the molecule is CCNc1cccc(CSCCCO)n1. The van der Waals surface area contributed by atoms with Gasteiger partial charge in [0.2, 0.25) is 0 Å². The van der Waals surface area contributed by atoms with Gasteiger partial charge in [-0.05, 0) is 31.2 Å². The minimum Gasteiger partial charge on any atom is -0.396 e. The van der Waals surface area contributed by atoms with E-state index in [0.29, 0.717) is 0 Å². The average Bonchev–Trinajstić information content (AvgIpc) is 2.26. The number of nitrogens with one attached hydrogen (secondary N) is 1. The third-order valence-electron chi connectivity index (χ3n) is 1.86. The van der Waals surface area contributed by atoms with Crippen molar-refractivity contribution in [3.05, 3.63) is 23.9 Å². The molecule has 84 valence electrons. The molecule has 0 amide bonds. The molecule has 0 radical (unpaired) electrons. The number of aromatic nitrogens is 1. The van der Waals surface area contributed by atoms with Crippen LogP contribution in [0.4, 0.5) is 5.82 Å². The molecule has 0 aliphatic carbocycles. The normalized spacial score (nSPS) is 10.3. The smallest absolute Gasteiger partial charge is 0.126 e. The van der Waals surface area contributed by atoms with Crippen LogP contribution in [0.25, 0.3) is 0 Å². The molecule has 0 aliphatic rings. The molecule has 1 aromatic rings. The summed E-state index contributed by atoms with van der Waals surface area (Å²) in [5.41, 5.74) is 1.09. The number of thioether (sulfide) groups is 1. The Morgan fingerprint density at radius 2 is 2.33 bits per heavy atom. The number of pyridine rings is 1. The lowest BCUT2D eigenvalue weighted by atomic mass is 10.4. The minimum atomic E-state index is 0.276. The summed E-state index contributed by atoms with van der Waals surface area (Å²) in [5.74, 6) is 2.85. The molecule has 3 nitrogen and oxygen atoms in total. The molecule has 1 heterocycles. The zero-order valence-corrected chi connectivity index (χ0v) is 9.89. The van der Waals surface area contributed by atoms with Gasteiger partial charge in [-0.3, -0.25) is 0 Å². The highest BCUT2D eigenvalue weighted by atomic mass is 32.2. The van der Waals surface area contributed by atoms with Gasteiger partial charge in [0.25, 0.3) is 0 Å². The fraction of sp³-hybridized carbons (Fsp3) is 0.545. The van der Waals surface area contributed by atoms with Crippen molar-refractivity contribution < 1.29 is 5.11 Å². The van der Waals surface area contributed by atoms with Crippen LogP contribution < -0.4 is 5.32 Å². The molecule has 0 atom stereocenters. The van der Waals surface area contributed by atoms with Gasteiger partial charge in [0, 0.05) is 18.9 Å². The van der Waals surface area contributed by atoms with Gasteiger partial charge in [-0.2, -0.15) is 11.8 Å². The van der Waals surface area contributed by atoms with E-state index >= 15 is 0 Å². The van der Waals surface area contributed by atoms with Crippen LogP contribution in [0.2, 0.25) is 0 Å². The van der Waals surface area contributed by atoms with E-state index in [9.17, 15) is 0 Å². The van der Waals surface area contributed by atoms with Crippen molar-refractivity contribution >= 4 is 17.6 Å². The molecule has 0 bridgehead atoms. The van der Waals surface area contributed by atoms with Crippen LogP contribution in [0.5, 0.6) is 0 Å². The first kappa shape index (κ1) is 12.3. The number of nitrogens with zero attached hydrogens (tertiary/aromatic N) is 1. The van der Waals surface area contributed by atoms with Gasteiger partial charge in [0.05, 0.1) is 5.69 Å². The largest absolute Gasteiger partial charge is 0.396 e. The van der Waals surface area contributed by atoms with Gasteiger partial charge in [-0.15, -0.1) is 0 Å². The van der Waals surface area contributed by atoms with Crippen molar-refractivity contribution in [2.75, 3.05) is 24.2 Å². The zero-order valence-electron chi connectivity index (χ0n) is 9.07. The lowest BCUT2D eigenvalue weighted by Crippen LogP contribution is -2.00. The van der Waals surface area contributed by atoms with Gasteiger partial charge < -0.3 is 10.4 Å². The molecule has 4 heteroatoms. The molecule has 0 saturated heterocycles. The van der Waals surface area contributed by atoms with Crippen molar-refractivity contribution in [2.24, 2.45) is 0 Å². The van der Waals surface area contributed by atoms with E-state index in [4.69, 9.17) is 5.11 Å². The molecule has 0 aliphatic heterocycles. The summed E-state index contributed by atoms with van der Waals surface area (Å²) in [5, 5.41) is 11.8. The van der Waals surface area contributed by atoms with Crippen molar-refractivity contribution in [1.29, 1.82) is 0 Å². The second-order valence-corrected chi connectivity index (χ2v) is 4.28. The third-order valence-corrected chi connectivity index (χ3v) is 2.94. The second kappa shape index (κ2) is 7.54. The molecule has 0 unspecified atom stereocenters. The maximum absolute atomic E-state index is 8.64. The average molecular weight is 226 g/mol. The number of hydrogen-bond donors (Lipinski definition) is 2. The van der Waals surface area contributed by atoms with Gasteiger partial charge in [-0.25, -0.2) is 4.98 Å². The summed E-state index contributed by atoms with van der Waals surface area (Å²) < 4.78 is 0. The Bertz CT molecular complexity index is 281. The Balaban J connectivity index is 2.36. The lowest BCUT2D eigenvalue weighted by Gasteiger charge is -2.04. The van der Waals surface area contributed by atoms with Crippen LogP contribution in [0.15, 0.2) is 18.2 Å². The van der Waals surface area contributed by atoms with Crippen molar-refractivity contribution in [3.8, 4) is 0 Å². The maximum Gasteiger partial charge on any atom is 0.126 e. The molecule has 15 heavy (non-hydrogen) atoms. The molecule has 1 aromatic heterocycles. The van der Waals surface area contributed by atoms with E-state index in [0.717, 1.165) is 36.0 Å². The van der Waals surface area contributed by atoms with E-state index < -0.39 is 0 Å². The fourth-order valence-corrected chi connectivity index (χ4v) is 2.03. The summed E-state index contributed by atoms with van der Waals surface area (Å²) >= 11 is 1.81. The zero-order chi connectivity index (χ0) is 10.9. The quantitative estimate of drug-likeness (QED) is 0.699. The minimum absolute atomic E-state index is 0.276. The molecule has 0 aromatic carbocycles. The van der Waals surface area contributed by atoms with Gasteiger partial charge in [-0.1, -0.05) is 6.07 Å². The van der Waals surface area contributed by atoms with Crippen LogP contribution in [-0.2, 0) is 5.75 Å². The van der Waals surface area contributed by atoms with Crippen LogP contribution in [-0.4, -0.2) is 29.0 Å². The molecular weight excluding hydrogens is 208 g/mol. The summed E-state index contributed by atoms with van der Waals surface area (Å²) in [7, 11) is 0. The topological polar surface area (TPSA) is 45.1 Å². The molecule has 2 N–H and O–H groups in total. The monoisotopic (exact) mass is 226 g/mol. The van der Waals surface area contributed by atoms with Crippen molar-refractivity contribution in [3.63, 3.8) is 0 Å². The fourth-order valence-electron chi connectivity index (χ4n) is 1.18. The first-order valence-electron chi connectivity index (χ1n) is 5.25. The van der Waals surface area contributed by atoms with Crippen LogP contribution in [0.1, 0.15) is 19.0 Å². The summed E-state index contributed by atoms with van der Waals surface area (Å²) in [6.07, 6.45) is 0.859. The molecular formula is C11H18N2OS. The maximum atomic E-state index is 8.64. The van der Waals surface area contributed by atoms with Gasteiger partial charge in [0.15, 0.2) is 0 Å². The Kier molecular flexibility index (Phi) is 6.20.